The molecular formula is C8H15N. The van der Waals surface area contributed by atoms with Crippen LogP contribution in [0.4, 0.5) is 0 Å². The van der Waals surface area contributed by atoms with E-state index >= 15 is 0 Å². The lowest BCUT2D eigenvalue weighted by Crippen LogP contribution is -2.68. The van der Waals surface area contributed by atoms with Crippen molar-refractivity contribution in [3.63, 3.8) is 0 Å². The minimum atomic E-state index is 0.911. The molecule has 0 aliphatic carbocycles. The lowest BCUT2D eigenvalue weighted by molar-refractivity contribution is -0.111. The van der Waals surface area contributed by atoms with Crippen LogP contribution in [-0.2, 0) is 0 Å². The normalized spacial score (nSPS) is 49.3. The summed E-state index contributed by atoms with van der Waals surface area (Å²) in [6.45, 7) is 4.64. The molecule has 0 bridgehead atoms. The Bertz CT molecular complexity index is 118. The van der Waals surface area contributed by atoms with Crippen LogP contribution in [0.2, 0.25) is 0 Å². The highest BCUT2D eigenvalue weighted by atomic mass is 15.3. The van der Waals surface area contributed by atoms with E-state index < -0.39 is 0 Å². The summed E-state index contributed by atoms with van der Waals surface area (Å²) in [5.41, 5.74) is 0. The summed E-state index contributed by atoms with van der Waals surface area (Å²) in [4.78, 5) is 2.67. The van der Waals surface area contributed by atoms with Crippen molar-refractivity contribution in [3.05, 3.63) is 0 Å². The van der Waals surface area contributed by atoms with Crippen LogP contribution in [0.25, 0.3) is 0 Å². The number of nitrogens with zero attached hydrogens (tertiary/aromatic N) is 1. The van der Waals surface area contributed by atoms with Crippen molar-refractivity contribution in [1.29, 1.82) is 0 Å². The fourth-order valence-corrected chi connectivity index (χ4v) is 2.41. The van der Waals surface area contributed by atoms with E-state index in [1.807, 2.05) is 0 Å². The van der Waals surface area contributed by atoms with Crippen molar-refractivity contribution in [2.45, 2.75) is 51.2 Å². The molecule has 1 nitrogen and oxygen atoms in total. The van der Waals surface area contributed by atoms with E-state index in [1.54, 1.807) is 0 Å². The van der Waals surface area contributed by atoms with Crippen LogP contribution < -0.4 is 0 Å². The first-order valence-electron chi connectivity index (χ1n) is 4.10. The number of rotatable bonds is 1. The summed E-state index contributed by atoms with van der Waals surface area (Å²) in [6, 6.07) is 2.87. The molecule has 9 heavy (non-hydrogen) atoms. The minimum Gasteiger partial charge on any atom is -0.295 e. The Morgan fingerprint density at radius 1 is 1.44 bits per heavy atom. The molecule has 0 N–H and O–H groups in total. The van der Waals surface area contributed by atoms with Gasteiger partial charge in [0.15, 0.2) is 0 Å². The smallest absolute Gasteiger partial charge is 0.0131 e. The van der Waals surface area contributed by atoms with Gasteiger partial charge < -0.3 is 0 Å². The Hall–Kier alpha value is -0.0400. The third-order valence-corrected chi connectivity index (χ3v) is 2.98. The largest absolute Gasteiger partial charge is 0.295 e. The average Bonchev–Trinajstić information content (AvgIpc) is 1.80. The minimum absolute atomic E-state index is 0.911. The molecule has 2 fully saturated rings. The molecule has 52 valence electrons. The quantitative estimate of drug-likeness (QED) is 0.515. The monoisotopic (exact) mass is 125 g/mol. The fraction of sp³-hybridized carbons (Fsp3) is 1.00. The fourth-order valence-electron chi connectivity index (χ4n) is 2.41. The Morgan fingerprint density at radius 3 is 2.56 bits per heavy atom. The Labute approximate surface area is 57.0 Å². The molecule has 0 spiro atoms. The molecular weight excluding hydrogens is 110 g/mol. The third-order valence-electron chi connectivity index (χ3n) is 2.98. The summed E-state index contributed by atoms with van der Waals surface area (Å²) in [6.07, 6.45) is 4.32. The third kappa shape index (κ3) is 0.586. The van der Waals surface area contributed by atoms with E-state index in [1.165, 1.54) is 19.3 Å². The van der Waals surface area contributed by atoms with Gasteiger partial charge in [-0.3, -0.25) is 4.90 Å². The molecule has 0 aromatic heterocycles. The molecule has 2 rings (SSSR count). The maximum absolute atomic E-state index is 2.67. The van der Waals surface area contributed by atoms with Crippen LogP contribution in [0.3, 0.4) is 0 Å². The predicted molar refractivity (Wildman–Crippen MR) is 38.4 cm³/mol. The van der Waals surface area contributed by atoms with Gasteiger partial charge in [0.05, 0.1) is 0 Å². The Kier molecular flexibility index (Phi) is 1.10. The molecule has 0 saturated carbocycles. The molecule has 0 aromatic carbocycles. The van der Waals surface area contributed by atoms with Gasteiger partial charge in [0, 0.05) is 18.1 Å². The molecule has 0 radical (unpaired) electrons. The summed E-state index contributed by atoms with van der Waals surface area (Å²) in [7, 11) is 0. The highest BCUT2D eigenvalue weighted by Crippen LogP contribution is 2.42. The van der Waals surface area contributed by atoms with Crippen molar-refractivity contribution in [1.82, 2.24) is 4.90 Å². The molecule has 0 amide bonds. The number of piperidine rings is 1. The summed E-state index contributed by atoms with van der Waals surface area (Å²) in [5.74, 6) is 0. The highest BCUT2D eigenvalue weighted by molar-refractivity contribution is 5.03. The number of hydrogen-bond acceptors (Lipinski definition) is 1. The molecule has 1 heteroatoms. The van der Waals surface area contributed by atoms with Gasteiger partial charge in [-0.25, -0.2) is 0 Å². The highest BCUT2D eigenvalue weighted by Gasteiger charge is 2.47. The van der Waals surface area contributed by atoms with Crippen LogP contribution in [0.1, 0.15) is 33.1 Å². The van der Waals surface area contributed by atoms with Gasteiger partial charge in [-0.2, -0.15) is 0 Å². The maximum Gasteiger partial charge on any atom is 0.0131 e. The molecule has 3 atom stereocenters. The van der Waals surface area contributed by atoms with Crippen LogP contribution in [-0.4, -0.2) is 23.0 Å². The van der Waals surface area contributed by atoms with E-state index in [-0.39, 0.29) is 0 Å². The van der Waals surface area contributed by atoms with Gasteiger partial charge in [-0.05, 0) is 26.2 Å². The van der Waals surface area contributed by atoms with Gasteiger partial charge in [0.2, 0.25) is 0 Å². The molecule has 0 aromatic rings. The number of fused-ring (bicyclic) bond motifs is 1. The summed E-state index contributed by atoms with van der Waals surface area (Å²) >= 11 is 0. The van der Waals surface area contributed by atoms with E-state index in [2.05, 4.69) is 18.7 Å². The van der Waals surface area contributed by atoms with Crippen LogP contribution in [0.15, 0.2) is 0 Å². The summed E-state index contributed by atoms with van der Waals surface area (Å²) in [5, 5.41) is 0. The van der Waals surface area contributed by atoms with Crippen molar-refractivity contribution in [2.75, 3.05) is 0 Å². The zero-order valence-corrected chi connectivity index (χ0v) is 6.30. The standard InChI is InChI=1S/C8H15N/c1-3-7-5-8-4-6(2)9(7)8/h6-8H,3-5H2,1-2H3/t6-,7?,8?/m0/s1. The Morgan fingerprint density at radius 2 is 2.22 bits per heavy atom. The second kappa shape index (κ2) is 1.72. The van der Waals surface area contributed by atoms with Crippen LogP contribution >= 0.6 is 0 Å². The first-order chi connectivity index (χ1) is 4.33. The second-order valence-electron chi connectivity index (χ2n) is 3.48. The Balaban J connectivity index is 1.92. The zero-order chi connectivity index (χ0) is 6.43. The molecule has 2 aliphatic rings. The van der Waals surface area contributed by atoms with E-state index in [9.17, 15) is 0 Å². The lowest BCUT2D eigenvalue weighted by Gasteiger charge is -2.61. The van der Waals surface area contributed by atoms with Crippen molar-refractivity contribution >= 4 is 0 Å². The molecule has 2 saturated heterocycles. The molecule has 2 unspecified atom stereocenters. The SMILES string of the molecule is CCC1CC2C[C@H](C)N12. The second-order valence-corrected chi connectivity index (χ2v) is 3.48. The van der Waals surface area contributed by atoms with Crippen molar-refractivity contribution in [3.8, 4) is 0 Å². The first kappa shape index (κ1) is 5.72. The van der Waals surface area contributed by atoms with Crippen molar-refractivity contribution in [2.24, 2.45) is 0 Å². The predicted octanol–water partition coefficient (Wildman–Crippen LogP) is 1.63. The maximum atomic E-state index is 2.67. The van der Waals surface area contributed by atoms with Gasteiger partial charge in [0.1, 0.15) is 0 Å². The van der Waals surface area contributed by atoms with Gasteiger partial charge in [0.25, 0.3) is 0 Å². The van der Waals surface area contributed by atoms with Gasteiger partial charge in [-0.1, -0.05) is 6.92 Å². The van der Waals surface area contributed by atoms with E-state index in [4.69, 9.17) is 0 Å². The topological polar surface area (TPSA) is 3.24 Å². The molecule has 2 heterocycles. The average molecular weight is 125 g/mol. The van der Waals surface area contributed by atoms with Gasteiger partial charge >= 0.3 is 0 Å². The van der Waals surface area contributed by atoms with Crippen LogP contribution in [0, 0.1) is 0 Å². The van der Waals surface area contributed by atoms with E-state index in [0.29, 0.717) is 0 Å². The molecule has 2 aliphatic heterocycles. The van der Waals surface area contributed by atoms with Crippen molar-refractivity contribution < 1.29 is 0 Å². The summed E-state index contributed by atoms with van der Waals surface area (Å²) < 4.78 is 0. The number of hydrogen-bond donors (Lipinski definition) is 0. The lowest BCUT2D eigenvalue weighted by atomic mass is 9.77. The van der Waals surface area contributed by atoms with Gasteiger partial charge in [-0.15, -0.1) is 0 Å². The first-order valence-corrected chi connectivity index (χ1v) is 4.10. The van der Waals surface area contributed by atoms with E-state index in [0.717, 1.165) is 18.1 Å². The van der Waals surface area contributed by atoms with Crippen LogP contribution in [0.5, 0.6) is 0 Å². The zero-order valence-electron chi connectivity index (χ0n) is 6.30.